The Morgan fingerprint density at radius 3 is 3.22 bits per heavy atom. The van der Waals surface area contributed by atoms with Gasteiger partial charge in [0.2, 0.25) is 5.91 Å². The van der Waals surface area contributed by atoms with Crippen molar-refractivity contribution in [3.8, 4) is 0 Å². The van der Waals surface area contributed by atoms with Crippen LogP contribution in [-0.2, 0) is 4.79 Å². The van der Waals surface area contributed by atoms with Crippen LogP contribution in [0.1, 0.15) is 19.8 Å². The summed E-state index contributed by atoms with van der Waals surface area (Å²) in [5.41, 5.74) is 3.20. The Hall–Kier alpha value is -1.46. The lowest BCUT2D eigenvalue weighted by molar-refractivity contribution is -0.121. The van der Waals surface area contributed by atoms with E-state index in [2.05, 4.69) is 15.6 Å². The van der Waals surface area contributed by atoms with Crippen molar-refractivity contribution in [1.29, 1.82) is 0 Å². The fraction of sp³-hybridized carbons (Fsp3) is 0.385. The molecule has 0 saturated carbocycles. The van der Waals surface area contributed by atoms with E-state index in [4.69, 9.17) is 0 Å². The van der Waals surface area contributed by atoms with Crippen LogP contribution in [0.3, 0.4) is 0 Å². The first-order valence-corrected chi connectivity index (χ1v) is 6.95. The number of nitrogens with zero attached hydrogens (tertiary/aromatic N) is 1. The third-order valence-corrected chi connectivity index (χ3v) is 4.25. The van der Waals surface area contributed by atoms with Crippen molar-refractivity contribution in [3.05, 3.63) is 23.7 Å². The summed E-state index contributed by atoms with van der Waals surface area (Å²) in [7, 11) is 0. The topological polar surface area (TPSA) is 54.0 Å². The molecule has 1 aliphatic rings. The Labute approximate surface area is 109 Å². The molecule has 2 aromatic rings. The van der Waals surface area contributed by atoms with Crippen molar-refractivity contribution in [2.24, 2.45) is 0 Å². The van der Waals surface area contributed by atoms with E-state index >= 15 is 0 Å². The molecule has 1 atom stereocenters. The van der Waals surface area contributed by atoms with E-state index in [0.29, 0.717) is 0 Å². The van der Waals surface area contributed by atoms with Gasteiger partial charge in [0.05, 0.1) is 21.3 Å². The molecule has 1 unspecified atom stereocenters. The highest BCUT2D eigenvalue weighted by Crippen LogP contribution is 2.24. The molecule has 94 valence electrons. The third kappa shape index (κ3) is 2.00. The monoisotopic (exact) mass is 261 g/mol. The first-order chi connectivity index (χ1) is 8.67. The second-order valence-electron chi connectivity index (χ2n) is 4.85. The molecule has 2 N–H and O–H groups in total. The van der Waals surface area contributed by atoms with Crippen molar-refractivity contribution in [2.75, 3.05) is 11.9 Å². The summed E-state index contributed by atoms with van der Waals surface area (Å²) in [5.74, 6) is 0.0452. The van der Waals surface area contributed by atoms with Gasteiger partial charge in [-0.05, 0) is 44.5 Å². The maximum Gasteiger partial charge on any atom is 0.244 e. The molecule has 5 heteroatoms. The number of hydrogen-bond acceptors (Lipinski definition) is 4. The molecule has 18 heavy (non-hydrogen) atoms. The average molecular weight is 261 g/mol. The van der Waals surface area contributed by atoms with Crippen LogP contribution in [0, 0.1) is 0 Å². The highest BCUT2D eigenvalue weighted by atomic mass is 32.1. The fourth-order valence-electron chi connectivity index (χ4n) is 2.29. The molecule has 1 amide bonds. The Kier molecular flexibility index (Phi) is 2.80. The lowest BCUT2D eigenvalue weighted by atomic mass is 9.99. The van der Waals surface area contributed by atoms with Crippen molar-refractivity contribution >= 4 is 33.1 Å². The van der Waals surface area contributed by atoms with Gasteiger partial charge in [0.15, 0.2) is 0 Å². The number of benzene rings is 1. The van der Waals surface area contributed by atoms with Crippen LogP contribution in [0.15, 0.2) is 23.7 Å². The average Bonchev–Trinajstić information content (AvgIpc) is 2.98. The zero-order valence-corrected chi connectivity index (χ0v) is 11.0. The Bertz CT molecular complexity index is 587. The number of carbonyl (C=O) groups excluding carboxylic acids is 1. The van der Waals surface area contributed by atoms with Crippen LogP contribution in [0.25, 0.3) is 10.2 Å². The summed E-state index contributed by atoms with van der Waals surface area (Å²) >= 11 is 1.58. The molecule has 0 bridgehead atoms. The van der Waals surface area contributed by atoms with E-state index in [1.165, 1.54) is 0 Å². The zero-order chi connectivity index (χ0) is 12.6. The second kappa shape index (κ2) is 4.33. The predicted octanol–water partition coefficient (Wildman–Crippen LogP) is 2.38. The number of fused-ring (bicyclic) bond motifs is 1. The van der Waals surface area contributed by atoms with Crippen LogP contribution in [-0.4, -0.2) is 23.0 Å². The highest BCUT2D eigenvalue weighted by Gasteiger charge is 2.35. The number of anilines is 1. The van der Waals surface area contributed by atoms with Crippen LogP contribution in [0.5, 0.6) is 0 Å². The van der Waals surface area contributed by atoms with Crippen molar-refractivity contribution in [1.82, 2.24) is 10.3 Å². The normalized spacial score (nSPS) is 23.4. The van der Waals surface area contributed by atoms with E-state index in [9.17, 15) is 4.79 Å². The van der Waals surface area contributed by atoms with E-state index in [-0.39, 0.29) is 5.91 Å². The van der Waals surface area contributed by atoms with Gasteiger partial charge >= 0.3 is 0 Å². The van der Waals surface area contributed by atoms with Gasteiger partial charge in [0.25, 0.3) is 0 Å². The van der Waals surface area contributed by atoms with Gasteiger partial charge in [-0.15, -0.1) is 11.3 Å². The van der Waals surface area contributed by atoms with Gasteiger partial charge < -0.3 is 10.6 Å². The highest BCUT2D eigenvalue weighted by molar-refractivity contribution is 7.16. The molecule has 0 radical (unpaired) electrons. The predicted molar refractivity (Wildman–Crippen MR) is 73.9 cm³/mol. The number of amides is 1. The minimum atomic E-state index is -0.428. The molecular formula is C13H15N3OS. The van der Waals surface area contributed by atoms with E-state index in [0.717, 1.165) is 35.3 Å². The maximum atomic E-state index is 12.2. The lowest BCUT2D eigenvalue weighted by Crippen LogP contribution is -2.47. The molecule has 2 heterocycles. The van der Waals surface area contributed by atoms with Crippen LogP contribution in [0.4, 0.5) is 5.69 Å². The standard InChI is InChI=1S/C13H15N3OS/c1-13(5-2-6-15-13)12(17)16-9-3-4-10-11(7-9)18-8-14-10/h3-4,7-8,15H,2,5-6H2,1H3,(H,16,17). The summed E-state index contributed by atoms with van der Waals surface area (Å²) in [6, 6.07) is 5.81. The smallest absolute Gasteiger partial charge is 0.244 e. The molecule has 1 saturated heterocycles. The lowest BCUT2D eigenvalue weighted by Gasteiger charge is -2.23. The number of nitrogens with one attached hydrogen (secondary N) is 2. The van der Waals surface area contributed by atoms with Crippen molar-refractivity contribution in [3.63, 3.8) is 0 Å². The van der Waals surface area contributed by atoms with Crippen LogP contribution in [0.2, 0.25) is 0 Å². The summed E-state index contributed by atoms with van der Waals surface area (Å²) < 4.78 is 1.09. The first kappa shape index (κ1) is 11.6. The van der Waals surface area contributed by atoms with Crippen molar-refractivity contribution in [2.45, 2.75) is 25.3 Å². The summed E-state index contributed by atoms with van der Waals surface area (Å²) in [6.07, 6.45) is 1.94. The van der Waals surface area contributed by atoms with Gasteiger partial charge in [-0.3, -0.25) is 4.79 Å². The molecule has 4 nitrogen and oxygen atoms in total. The quantitative estimate of drug-likeness (QED) is 0.872. The summed E-state index contributed by atoms with van der Waals surface area (Å²) in [5, 5.41) is 6.25. The molecular weight excluding hydrogens is 246 g/mol. The van der Waals surface area contributed by atoms with Gasteiger partial charge in [0.1, 0.15) is 0 Å². The van der Waals surface area contributed by atoms with Crippen LogP contribution < -0.4 is 10.6 Å². The number of rotatable bonds is 2. The van der Waals surface area contributed by atoms with Gasteiger partial charge in [0, 0.05) is 5.69 Å². The first-order valence-electron chi connectivity index (χ1n) is 6.07. The molecule has 1 aliphatic heterocycles. The summed E-state index contributed by atoms with van der Waals surface area (Å²) in [4.78, 5) is 16.4. The molecule has 1 fully saturated rings. The number of hydrogen-bond donors (Lipinski definition) is 2. The third-order valence-electron chi connectivity index (χ3n) is 3.46. The second-order valence-corrected chi connectivity index (χ2v) is 5.74. The van der Waals surface area contributed by atoms with E-state index in [1.807, 2.05) is 30.6 Å². The SMILES string of the molecule is CC1(C(=O)Nc2ccc3ncsc3c2)CCCN1. The number of carbonyl (C=O) groups is 1. The van der Waals surface area contributed by atoms with E-state index in [1.54, 1.807) is 11.3 Å². The van der Waals surface area contributed by atoms with Gasteiger partial charge in [-0.2, -0.15) is 0 Å². The Balaban J connectivity index is 1.81. The van der Waals surface area contributed by atoms with Gasteiger partial charge in [-0.25, -0.2) is 4.98 Å². The minimum absolute atomic E-state index is 0.0452. The molecule has 1 aromatic carbocycles. The number of aromatic nitrogens is 1. The van der Waals surface area contributed by atoms with Crippen LogP contribution >= 0.6 is 11.3 Å². The molecule has 0 spiro atoms. The molecule has 1 aromatic heterocycles. The van der Waals surface area contributed by atoms with Crippen molar-refractivity contribution < 1.29 is 4.79 Å². The molecule has 3 rings (SSSR count). The van der Waals surface area contributed by atoms with Gasteiger partial charge in [-0.1, -0.05) is 0 Å². The minimum Gasteiger partial charge on any atom is -0.324 e. The Morgan fingerprint density at radius 2 is 2.44 bits per heavy atom. The summed E-state index contributed by atoms with van der Waals surface area (Å²) in [6.45, 7) is 2.87. The molecule has 0 aliphatic carbocycles. The van der Waals surface area contributed by atoms with E-state index < -0.39 is 5.54 Å². The Morgan fingerprint density at radius 1 is 1.56 bits per heavy atom. The fourth-order valence-corrected chi connectivity index (χ4v) is 3.01. The maximum absolute atomic E-state index is 12.2. The largest absolute Gasteiger partial charge is 0.324 e. The zero-order valence-electron chi connectivity index (χ0n) is 10.2. The number of thiazole rings is 1.